The molecular weight excluding hydrogens is 375 g/mol. The van der Waals surface area contributed by atoms with E-state index >= 15 is 0 Å². The fourth-order valence-electron chi connectivity index (χ4n) is 2.79. The first-order valence-electron chi connectivity index (χ1n) is 9.36. The third kappa shape index (κ3) is 4.68. The lowest BCUT2D eigenvalue weighted by atomic mass is 10.0. The summed E-state index contributed by atoms with van der Waals surface area (Å²) in [6.45, 7) is 6.31. The van der Waals surface area contributed by atoms with Gasteiger partial charge in [0, 0.05) is 41.1 Å². The number of nitrogens with one attached hydrogen (secondary N) is 3. The molecule has 0 fully saturated rings. The van der Waals surface area contributed by atoms with Gasteiger partial charge in [-0.3, -0.25) is 9.89 Å². The van der Waals surface area contributed by atoms with Crippen molar-refractivity contribution in [1.82, 2.24) is 25.5 Å². The number of hydrogen-bond donors (Lipinski definition) is 4. The molecule has 29 heavy (non-hydrogen) atoms. The number of amides is 1. The van der Waals surface area contributed by atoms with E-state index in [0.29, 0.717) is 16.7 Å². The molecule has 0 spiro atoms. The number of aromatic amines is 1. The molecule has 1 atom stereocenters. The van der Waals surface area contributed by atoms with Gasteiger partial charge in [-0.25, -0.2) is 14.4 Å². The Morgan fingerprint density at radius 1 is 1.24 bits per heavy atom. The summed E-state index contributed by atoms with van der Waals surface area (Å²) in [7, 11) is 0. The fourth-order valence-corrected chi connectivity index (χ4v) is 2.79. The summed E-state index contributed by atoms with van der Waals surface area (Å²) in [6, 6.07) is 1.92. The van der Waals surface area contributed by atoms with Crippen molar-refractivity contribution in [2.75, 3.05) is 11.9 Å². The molecule has 0 bridgehead atoms. The van der Waals surface area contributed by atoms with Crippen LogP contribution < -0.4 is 10.6 Å². The molecule has 0 aliphatic heterocycles. The molecule has 0 saturated heterocycles. The van der Waals surface area contributed by atoms with Gasteiger partial charge in [0.25, 0.3) is 5.91 Å². The van der Waals surface area contributed by atoms with Crippen LogP contribution in [0, 0.1) is 0 Å². The molecule has 3 aromatic heterocycles. The summed E-state index contributed by atoms with van der Waals surface area (Å²) in [5, 5.41) is 22.9. The predicted octanol–water partition coefficient (Wildman–Crippen LogP) is 2.68. The number of hydrogen-bond acceptors (Lipinski definition) is 6. The number of halogens is 1. The van der Waals surface area contributed by atoms with Crippen molar-refractivity contribution in [1.29, 1.82) is 0 Å². The SMILES string of the molecule is CC(C)Nc1c(C(=O)NC[C@@H](F)C(C)(C)O)cnc2ncc(-c3cn[nH]c3)cc12. The summed E-state index contributed by atoms with van der Waals surface area (Å²) < 4.78 is 14.0. The van der Waals surface area contributed by atoms with Crippen molar-refractivity contribution < 1.29 is 14.3 Å². The summed E-state index contributed by atoms with van der Waals surface area (Å²) in [4.78, 5) is 21.4. The monoisotopic (exact) mass is 400 g/mol. The third-order valence-electron chi connectivity index (χ3n) is 4.44. The van der Waals surface area contributed by atoms with E-state index in [-0.39, 0.29) is 18.2 Å². The second kappa shape index (κ2) is 8.12. The van der Waals surface area contributed by atoms with Gasteiger partial charge < -0.3 is 15.7 Å². The van der Waals surface area contributed by atoms with Crippen molar-refractivity contribution in [3.63, 3.8) is 0 Å². The standard InChI is InChI=1S/C20H25FN6O2/c1-11(2)27-17-14-5-12(13-7-25-26-8-13)6-22-18(14)23-9-15(17)19(28)24-10-16(21)20(3,4)29/h5-9,11,16,29H,10H2,1-4H3,(H,24,28)(H,25,26)(H,22,23,27)/t16-/m1/s1. The van der Waals surface area contributed by atoms with Crippen molar-refractivity contribution in [3.05, 3.63) is 36.4 Å². The maximum atomic E-state index is 14.0. The Balaban J connectivity index is 2.00. The van der Waals surface area contributed by atoms with E-state index in [2.05, 4.69) is 30.8 Å². The molecule has 3 rings (SSSR count). The van der Waals surface area contributed by atoms with Gasteiger partial charge in [-0.2, -0.15) is 5.10 Å². The van der Waals surface area contributed by atoms with E-state index in [1.807, 2.05) is 19.9 Å². The van der Waals surface area contributed by atoms with Crippen LogP contribution in [0.15, 0.2) is 30.9 Å². The van der Waals surface area contributed by atoms with Gasteiger partial charge in [-0.05, 0) is 33.8 Å². The molecule has 0 aliphatic carbocycles. The molecule has 0 aliphatic rings. The average Bonchev–Trinajstić information content (AvgIpc) is 3.19. The Morgan fingerprint density at radius 3 is 2.59 bits per heavy atom. The Hall–Kier alpha value is -3.07. The van der Waals surface area contributed by atoms with Crippen LogP contribution >= 0.6 is 0 Å². The minimum atomic E-state index is -1.60. The Bertz CT molecular complexity index is 998. The number of aromatic nitrogens is 4. The van der Waals surface area contributed by atoms with Crippen LogP contribution in [0.4, 0.5) is 10.1 Å². The average molecular weight is 400 g/mol. The number of nitrogens with zero attached hydrogens (tertiary/aromatic N) is 3. The van der Waals surface area contributed by atoms with Crippen molar-refractivity contribution >= 4 is 22.6 Å². The highest BCUT2D eigenvalue weighted by Crippen LogP contribution is 2.29. The summed E-state index contributed by atoms with van der Waals surface area (Å²) >= 11 is 0. The Morgan fingerprint density at radius 2 is 1.97 bits per heavy atom. The minimum Gasteiger partial charge on any atom is -0.387 e. The van der Waals surface area contributed by atoms with Crippen LogP contribution in [-0.2, 0) is 0 Å². The zero-order valence-corrected chi connectivity index (χ0v) is 16.8. The van der Waals surface area contributed by atoms with E-state index in [1.54, 1.807) is 18.6 Å². The van der Waals surface area contributed by atoms with Crippen LogP contribution in [0.5, 0.6) is 0 Å². The van der Waals surface area contributed by atoms with Crippen LogP contribution in [0.1, 0.15) is 38.1 Å². The fraction of sp³-hybridized carbons (Fsp3) is 0.400. The van der Waals surface area contributed by atoms with E-state index < -0.39 is 17.7 Å². The highest BCUT2D eigenvalue weighted by molar-refractivity contribution is 6.07. The molecule has 8 nitrogen and oxygen atoms in total. The number of aliphatic hydroxyl groups is 1. The smallest absolute Gasteiger partial charge is 0.255 e. The van der Waals surface area contributed by atoms with Gasteiger partial charge in [0.15, 0.2) is 5.65 Å². The minimum absolute atomic E-state index is 0.0371. The molecule has 1 amide bonds. The molecule has 154 valence electrons. The zero-order valence-electron chi connectivity index (χ0n) is 16.8. The molecule has 3 aromatic rings. The number of fused-ring (bicyclic) bond motifs is 1. The number of carbonyl (C=O) groups is 1. The number of alkyl halides is 1. The summed E-state index contributed by atoms with van der Waals surface area (Å²) in [6.07, 6.45) is 4.94. The van der Waals surface area contributed by atoms with Gasteiger partial charge in [-0.15, -0.1) is 0 Å². The first-order valence-corrected chi connectivity index (χ1v) is 9.36. The lowest BCUT2D eigenvalue weighted by Gasteiger charge is -2.23. The van der Waals surface area contributed by atoms with Crippen molar-refractivity contribution in [3.8, 4) is 11.1 Å². The quantitative estimate of drug-likeness (QED) is 0.485. The molecule has 9 heteroatoms. The highest BCUT2D eigenvalue weighted by Gasteiger charge is 2.27. The number of rotatable bonds is 7. The summed E-state index contributed by atoms with van der Waals surface area (Å²) in [5.74, 6) is -0.483. The molecule has 0 saturated carbocycles. The van der Waals surface area contributed by atoms with Gasteiger partial charge in [0.1, 0.15) is 6.17 Å². The molecule has 0 aromatic carbocycles. The van der Waals surface area contributed by atoms with E-state index in [1.165, 1.54) is 20.0 Å². The summed E-state index contributed by atoms with van der Waals surface area (Å²) in [5.41, 5.74) is 1.46. The predicted molar refractivity (Wildman–Crippen MR) is 109 cm³/mol. The van der Waals surface area contributed by atoms with Crippen molar-refractivity contribution in [2.45, 2.75) is 45.5 Å². The van der Waals surface area contributed by atoms with E-state index in [9.17, 15) is 14.3 Å². The normalized spacial score (nSPS) is 12.9. The molecule has 4 N–H and O–H groups in total. The lowest BCUT2D eigenvalue weighted by Crippen LogP contribution is -2.42. The maximum absolute atomic E-state index is 14.0. The number of H-pyrrole nitrogens is 1. The van der Waals surface area contributed by atoms with Gasteiger partial charge in [0.05, 0.1) is 29.6 Å². The van der Waals surface area contributed by atoms with Crippen LogP contribution in [0.25, 0.3) is 22.2 Å². The Kier molecular flexibility index (Phi) is 5.78. The Labute approximate surface area is 168 Å². The van der Waals surface area contributed by atoms with E-state index in [0.717, 1.165) is 11.1 Å². The zero-order chi connectivity index (χ0) is 21.2. The molecular formula is C20H25FN6O2. The second-order valence-corrected chi connectivity index (χ2v) is 7.76. The van der Waals surface area contributed by atoms with Gasteiger partial charge in [0.2, 0.25) is 0 Å². The van der Waals surface area contributed by atoms with Gasteiger partial charge >= 0.3 is 0 Å². The topological polar surface area (TPSA) is 116 Å². The van der Waals surface area contributed by atoms with Crippen LogP contribution in [-0.4, -0.2) is 55.5 Å². The van der Waals surface area contributed by atoms with Crippen molar-refractivity contribution in [2.24, 2.45) is 0 Å². The maximum Gasteiger partial charge on any atom is 0.255 e. The second-order valence-electron chi connectivity index (χ2n) is 7.76. The van der Waals surface area contributed by atoms with E-state index in [4.69, 9.17) is 0 Å². The number of carbonyl (C=O) groups excluding carboxylic acids is 1. The molecule has 0 radical (unpaired) electrons. The van der Waals surface area contributed by atoms with Crippen LogP contribution in [0.2, 0.25) is 0 Å². The largest absolute Gasteiger partial charge is 0.387 e. The van der Waals surface area contributed by atoms with Crippen LogP contribution in [0.3, 0.4) is 0 Å². The number of anilines is 1. The first-order chi connectivity index (χ1) is 13.7. The molecule has 0 unspecified atom stereocenters. The molecule has 3 heterocycles. The third-order valence-corrected chi connectivity index (χ3v) is 4.44. The first kappa shape index (κ1) is 20.7. The number of pyridine rings is 2. The van der Waals surface area contributed by atoms with Gasteiger partial charge in [-0.1, -0.05) is 0 Å². The lowest BCUT2D eigenvalue weighted by molar-refractivity contribution is -0.00177. The highest BCUT2D eigenvalue weighted by atomic mass is 19.1.